The van der Waals surface area contributed by atoms with Crippen molar-refractivity contribution in [3.8, 4) is 11.4 Å². The Labute approximate surface area is 190 Å². The molecule has 0 saturated heterocycles. The molecule has 1 aromatic heterocycles. The topological polar surface area (TPSA) is 77.2 Å². The Morgan fingerprint density at radius 1 is 1.09 bits per heavy atom. The summed E-state index contributed by atoms with van der Waals surface area (Å²) < 4.78 is 44.4. The number of aryl methyl sites for hydroxylation is 1. The molecule has 0 unspecified atom stereocenters. The molecular formula is C24H28F3N3O3. The lowest BCUT2D eigenvalue weighted by Gasteiger charge is -2.23. The molecule has 0 radical (unpaired) electrons. The third-order valence-electron chi connectivity index (χ3n) is 5.26. The third kappa shape index (κ3) is 5.83. The van der Waals surface area contributed by atoms with E-state index in [2.05, 4.69) is 10.2 Å². The SMILES string of the molecule is CCCCOC(=O)CCc1cc(-n2nc3ccc(C(F)(F)F)cc3n2)c(O)c(C(C)(C)C)c1. The average molecular weight is 464 g/mol. The van der Waals surface area contributed by atoms with Crippen LogP contribution in [0.15, 0.2) is 30.3 Å². The van der Waals surface area contributed by atoms with Crippen molar-refractivity contribution >= 4 is 17.0 Å². The molecule has 6 nitrogen and oxygen atoms in total. The molecule has 0 bridgehead atoms. The summed E-state index contributed by atoms with van der Waals surface area (Å²) >= 11 is 0. The van der Waals surface area contributed by atoms with Gasteiger partial charge in [0.1, 0.15) is 22.5 Å². The van der Waals surface area contributed by atoms with E-state index in [1.165, 1.54) is 6.07 Å². The van der Waals surface area contributed by atoms with Gasteiger partial charge >= 0.3 is 12.1 Å². The van der Waals surface area contributed by atoms with Crippen molar-refractivity contribution in [2.45, 2.75) is 65.0 Å². The van der Waals surface area contributed by atoms with E-state index in [1.807, 2.05) is 33.8 Å². The van der Waals surface area contributed by atoms with Gasteiger partial charge in [-0.25, -0.2) is 0 Å². The summed E-state index contributed by atoms with van der Waals surface area (Å²) in [6.07, 6.45) is -2.22. The van der Waals surface area contributed by atoms with Crippen molar-refractivity contribution in [3.63, 3.8) is 0 Å². The van der Waals surface area contributed by atoms with Crippen LogP contribution in [0.5, 0.6) is 5.75 Å². The molecule has 3 aromatic rings. The summed E-state index contributed by atoms with van der Waals surface area (Å²) in [5.74, 6) is -0.369. The van der Waals surface area contributed by atoms with E-state index in [0.717, 1.165) is 35.3 Å². The average Bonchev–Trinajstić information content (AvgIpc) is 3.14. The third-order valence-corrected chi connectivity index (χ3v) is 5.26. The van der Waals surface area contributed by atoms with Crippen molar-refractivity contribution in [1.29, 1.82) is 0 Å². The first-order valence-corrected chi connectivity index (χ1v) is 10.9. The normalized spacial score (nSPS) is 12.3. The van der Waals surface area contributed by atoms with Crippen LogP contribution in [0.25, 0.3) is 16.7 Å². The van der Waals surface area contributed by atoms with Gasteiger partial charge in [0.15, 0.2) is 0 Å². The summed E-state index contributed by atoms with van der Waals surface area (Å²) in [6.45, 7) is 8.18. The van der Waals surface area contributed by atoms with Gasteiger partial charge in [0.05, 0.1) is 12.2 Å². The highest BCUT2D eigenvalue weighted by molar-refractivity contribution is 5.75. The maximum Gasteiger partial charge on any atom is 0.416 e. The van der Waals surface area contributed by atoms with Gasteiger partial charge in [-0.15, -0.1) is 15.0 Å². The van der Waals surface area contributed by atoms with Crippen LogP contribution in [0.3, 0.4) is 0 Å². The van der Waals surface area contributed by atoms with Crippen LogP contribution < -0.4 is 0 Å². The van der Waals surface area contributed by atoms with E-state index in [-0.39, 0.29) is 34.9 Å². The second kappa shape index (κ2) is 9.41. The number of rotatable bonds is 7. The molecule has 0 spiro atoms. The van der Waals surface area contributed by atoms with Crippen molar-refractivity contribution in [3.05, 3.63) is 47.0 Å². The van der Waals surface area contributed by atoms with Gasteiger partial charge in [-0.1, -0.05) is 40.2 Å². The van der Waals surface area contributed by atoms with Gasteiger partial charge in [0.25, 0.3) is 0 Å². The monoisotopic (exact) mass is 463 g/mol. The second-order valence-electron chi connectivity index (χ2n) is 9.03. The Balaban J connectivity index is 1.98. The molecule has 0 atom stereocenters. The maximum atomic E-state index is 13.1. The lowest BCUT2D eigenvalue weighted by molar-refractivity contribution is -0.143. The van der Waals surface area contributed by atoms with Gasteiger partial charge < -0.3 is 9.84 Å². The lowest BCUT2D eigenvalue weighted by atomic mass is 9.84. The highest BCUT2D eigenvalue weighted by atomic mass is 19.4. The first-order valence-electron chi connectivity index (χ1n) is 10.9. The molecule has 0 amide bonds. The predicted octanol–water partition coefficient (Wildman–Crippen LogP) is 5.72. The number of halogens is 3. The number of hydrogen-bond donors (Lipinski definition) is 1. The fraction of sp³-hybridized carbons (Fsp3) is 0.458. The van der Waals surface area contributed by atoms with Gasteiger partial charge in [0.2, 0.25) is 0 Å². The number of benzene rings is 2. The standard InChI is InChI=1S/C24H28F3N3O3/c1-5-6-11-33-21(31)10-7-15-12-17(23(2,3)4)22(32)20(13-15)30-28-18-9-8-16(24(25,26)27)14-19(18)29-30/h8-9,12-14,32H,5-7,10-11H2,1-4H3. The smallest absolute Gasteiger partial charge is 0.416 e. The van der Waals surface area contributed by atoms with Gasteiger partial charge in [-0.3, -0.25) is 4.79 Å². The zero-order valence-electron chi connectivity index (χ0n) is 19.2. The molecule has 9 heteroatoms. The number of unbranched alkanes of at least 4 members (excludes halogenated alkanes) is 1. The van der Waals surface area contributed by atoms with Crippen molar-refractivity contribution in [2.75, 3.05) is 6.61 Å². The molecule has 0 aliphatic heterocycles. The molecule has 3 rings (SSSR count). The quantitative estimate of drug-likeness (QED) is 0.358. The predicted molar refractivity (Wildman–Crippen MR) is 118 cm³/mol. The molecule has 178 valence electrons. The molecule has 33 heavy (non-hydrogen) atoms. The molecule has 0 aliphatic carbocycles. The Bertz CT molecular complexity index is 1150. The summed E-state index contributed by atoms with van der Waals surface area (Å²) in [4.78, 5) is 13.2. The Morgan fingerprint density at radius 2 is 1.79 bits per heavy atom. The Hall–Kier alpha value is -3.10. The first-order chi connectivity index (χ1) is 15.4. The van der Waals surface area contributed by atoms with Crippen LogP contribution in [-0.4, -0.2) is 32.7 Å². The Morgan fingerprint density at radius 3 is 2.42 bits per heavy atom. The largest absolute Gasteiger partial charge is 0.505 e. The van der Waals surface area contributed by atoms with Crippen molar-refractivity contribution < 1.29 is 27.8 Å². The van der Waals surface area contributed by atoms with Crippen LogP contribution >= 0.6 is 0 Å². The van der Waals surface area contributed by atoms with E-state index < -0.39 is 17.2 Å². The molecular weight excluding hydrogens is 435 g/mol. The number of phenols is 1. The summed E-state index contributed by atoms with van der Waals surface area (Å²) in [7, 11) is 0. The van der Waals surface area contributed by atoms with E-state index in [4.69, 9.17) is 4.74 Å². The highest BCUT2D eigenvalue weighted by Gasteiger charge is 2.31. The number of ether oxygens (including phenoxy) is 1. The maximum absolute atomic E-state index is 13.1. The van der Waals surface area contributed by atoms with E-state index in [9.17, 15) is 23.1 Å². The highest BCUT2D eigenvalue weighted by Crippen LogP contribution is 2.37. The van der Waals surface area contributed by atoms with Gasteiger partial charge in [-0.05, 0) is 48.1 Å². The van der Waals surface area contributed by atoms with Crippen molar-refractivity contribution in [1.82, 2.24) is 15.0 Å². The van der Waals surface area contributed by atoms with Crippen LogP contribution in [0, 0.1) is 0 Å². The molecule has 1 N–H and O–H groups in total. The van der Waals surface area contributed by atoms with Crippen LogP contribution in [0.2, 0.25) is 0 Å². The van der Waals surface area contributed by atoms with E-state index in [0.29, 0.717) is 18.6 Å². The minimum Gasteiger partial charge on any atom is -0.505 e. The number of esters is 1. The fourth-order valence-corrected chi connectivity index (χ4v) is 3.39. The number of alkyl halides is 3. The molecule has 0 saturated carbocycles. The van der Waals surface area contributed by atoms with Crippen LogP contribution in [-0.2, 0) is 27.5 Å². The number of nitrogens with zero attached hydrogens (tertiary/aromatic N) is 3. The number of fused-ring (bicyclic) bond motifs is 1. The molecule has 0 fully saturated rings. The van der Waals surface area contributed by atoms with E-state index in [1.54, 1.807) is 6.07 Å². The number of carbonyl (C=O) groups is 1. The Kier molecular flexibility index (Phi) is 7.00. The van der Waals surface area contributed by atoms with Gasteiger partial charge in [0, 0.05) is 12.0 Å². The zero-order chi connectivity index (χ0) is 24.4. The minimum absolute atomic E-state index is 0.0615. The lowest BCUT2D eigenvalue weighted by Crippen LogP contribution is -2.14. The number of aromatic nitrogens is 3. The molecule has 1 heterocycles. The van der Waals surface area contributed by atoms with Crippen LogP contribution in [0.4, 0.5) is 13.2 Å². The summed E-state index contributed by atoms with van der Waals surface area (Å²) in [5.41, 5.74) is 0.686. The first kappa shape index (κ1) is 24.5. The van der Waals surface area contributed by atoms with E-state index >= 15 is 0 Å². The number of phenolic OH excluding ortho intramolecular Hbond substituents is 1. The summed E-state index contributed by atoms with van der Waals surface area (Å²) in [6, 6.07) is 6.59. The van der Waals surface area contributed by atoms with Gasteiger partial charge in [-0.2, -0.15) is 13.2 Å². The van der Waals surface area contributed by atoms with Crippen LogP contribution in [0.1, 0.15) is 63.6 Å². The van der Waals surface area contributed by atoms with Crippen molar-refractivity contribution in [2.24, 2.45) is 0 Å². The molecule has 2 aromatic carbocycles. The number of hydrogen-bond acceptors (Lipinski definition) is 5. The number of aromatic hydroxyl groups is 1. The zero-order valence-corrected chi connectivity index (χ0v) is 19.2. The number of carbonyl (C=O) groups excluding carboxylic acids is 1. The minimum atomic E-state index is -4.49. The fourth-order valence-electron chi connectivity index (χ4n) is 3.39. The summed E-state index contributed by atoms with van der Waals surface area (Å²) in [5, 5.41) is 19.4. The molecule has 0 aliphatic rings. The second-order valence-corrected chi connectivity index (χ2v) is 9.03.